The predicted octanol–water partition coefficient (Wildman–Crippen LogP) is 7.03. The minimum atomic E-state index is -3.27. The number of carbonyl (C=O) groups is 5. The van der Waals surface area contributed by atoms with Gasteiger partial charge in [-0.05, 0) is 97.6 Å². The van der Waals surface area contributed by atoms with E-state index in [0.29, 0.717) is 11.3 Å². The molecule has 0 bridgehead atoms. The van der Waals surface area contributed by atoms with E-state index in [9.17, 15) is 24.0 Å². The summed E-state index contributed by atoms with van der Waals surface area (Å²) in [6.07, 6.45) is 2.37. The van der Waals surface area contributed by atoms with Crippen molar-refractivity contribution in [1.82, 2.24) is 30.8 Å². The van der Waals surface area contributed by atoms with Gasteiger partial charge in [0.25, 0.3) is 0 Å². The molecule has 0 aliphatic carbocycles. The standard InChI is InChI=1S/C49H69N6O10P/c1-12-28-61-48(59)38(11)50-47(58)44(33-64-66(63-29-13-2,54(34(3)4)35(5)6)55(36(7)8)37(9)10)51-46(57)43(30-39-20-16-14-17-21-39)52-53-49(60)62-32-41-24-26-42(27-25-41)65-45(56)31-40-22-18-15-19-23-40/h12-27,34-38,43-44,52H,1-2,28-33H2,3-11H3,(H2-,50,51,53,57,58,60)/p+1/t38-,43-,44-/m0/s1. The third-order valence-corrected chi connectivity index (χ3v) is 13.8. The first-order valence-electron chi connectivity index (χ1n) is 22.2. The fraction of sp³-hybridized carbons (Fsp3) is 0.449. The van der Waals surface area contributed by atoms with Crippen LogP contribution in [0.2, 0.25) is 0 Å². The van der Waals surface area contributed by atoms with Crippen LogP contribution in [0.5, 0.6) is 5.75 Å². The second-order valence-corrected chi connectivity index (χ2v) is 19.0. The highest BCUT2D eigenvalue weighted by molar-refractivity contribution is 7.61. The molecule has 0 aromatic heterocycles. The Hall–Kier alpha value is -5.48. The lowest BCUT2D eigenvalue weighted by molar-refractivity contribution is -0.146. The zero-order chi connectivity index (χ0) is 48.8. The molecule has 0 aliphatic heterocycles. The van der Waals surface area contributed by atoms with Gasteiger partial charge in [0.05, 0.1) is 6.42 Å². The predicted molar refractivity (Wildman–Crippen MR) is 257 cm³/mol. The van der Waals surface area contributed by atoms with Crippen molar-refractivity contribution in [2.24, 2.45) is 0 Å². The molecule has 16 nitrogen and oxygen atoms in total. The van der Waals surface area contributed by atoms with Crippen molar-refractivity contribution in [1.29, 1.82) is 0 Å². The maximum absolute atomic E-state index is 14.4. The van der Waals surface area contributed by atoms with Gasteiger partial charge < -0.3 is 24.8 Å². The highest BCUT2D eigenvalue weighted by Crippen LogP contribution is 2.70. The monoisotopic (exact) mass is 933 g/mol. The molecule has 0 spiro atoms. The molecular formula is C49H70N6O10P+. The van der Waals surface area contributed by atoms with Crippen LogP contribution in [0.15, 0.2) is 110 Å². The zero-order valence-electron chi connectivity index (χ0n) is 39.9. The highest BCUT2D eigenvalue weighted by atomic mass is 31.2. The number of hydrazine groups is 1. The Morgan fingerprint density at radius 2 is 1.15 bits per heavy atom. The Labute approximate surface area is 391 Å². The van der Waals surface area contributed by atoms with E-state index in [4.69, 9.17) is 23.3 Å². The molecule has 3 atom stereocenters. The van der Waals surface area contributed by atoms with E-state index in [0.717, 1.165) is 11.1 Å². The number of amides is 3. The lowest BCUT2D eigenvalue weighted by Crippen LogP contribution is -2.59. The molecule has 0 heterocycles. The molecule has 360 valence electrons. The van der Waals surface area contributed by atoms with Crippen LogP contribution in [0.25, 0.3) is 0 Å². The molecule has 0 fully saturated rings. The third kappa shape index (κ3) is 17.4. The highest BCUT2D eigenvalue weighted by Gasteiger charge is 2.61. The summed E-state index contributed by atoms with van der Waals surface area (Å²) >= 11 is 0. The fourth-order valence-electron chi connectivity index (χ4n) is 7.17. The third-order valence-electron chi connectivity index (χ3n) is 9.82. The van der Waals surface area contributed by atoms with Crippen molar-refractivity contribution in [3.8, 4) is 5.75 Å². The second kappa shape index (κ2) is 27.9. The summed E-state index contributed by atoms with van der Waals surface area (Å²) in [5, 5.41) is 5.50. The summed E-state index contributed by atoms with van der Waals surface area (Å²) in [4.78, 5) is 66.9. The van der Waals surface area contributed by atoms with Gasteiger partial charge in [-0.3, -0.25) is 19.8 Å². The first-order valence-corrected chi connectivity index (χ1v) is 23.8. The van der Waals surface area contributed by atoms with Crippen molar-refractivity contribution in [3.63, 3.8) is 0 Å². The van der Waals surface area contributed by atoms with E-state index in [1.165, 1.54) is 13.0 Å². The SMILES string of the molecule is C=CCOC(=O)[C@H](C)NC(=O)[C@H](CO[P+](OCC=C)(N(C(C)C)C(C)C)N(C(C)C)C(C)C)NC(=O)[C@H](Cc1ccccc1)NNC(=O)OCc1ccc(OC(=O)Cc2ccccc2)cc1. The lowest BCUT2D eigenvalue weighted by atomic mass is 10.1. The van der Waals surface area contributed by atoms with Gasteiger partial charge in [0.2, 0.25) is 11.8 Å². The normalized spacial score (nSPS) is 13.0. The fourth-order valence-corrected chi connectivity index (χ4v) is 11.0. The molecule has 0 unspecified atom stereocenters. The molecular weight excluding hydrogens is 864 g/mol. The van der Waals surface area contributed by atoms with E-state index in [-0.39, 0.29) is 63.4 Å². The van der Waals surface area contributed by atoms with Gasteiger partial charge in [0, 0.05) is 24.2 Å². The minimum Gasteiger partial charge on any atom is -0.460 e. The largest absolute Gasteiger partial charge is 0.460 e. The molecule has 17 heteroatoms. The molecule has 3 aromatic rings. The maximum atomic E-state index is 14.4. The Morgan fingerprint density at radius 3 is 1.68 bits per heavy atom. The average molecular weight is 934 g/mol. The molecule has 3 amide bonds. The first-order chi connectivity index (χ1) is 31.4. The van der Waals surface area contributed by atoms with E-state index >= 15 is 0 Å². The van der Waals surface area contributed by atoms with Crippen LogP contribution in [-0.4, -0.2) is 101 Å². The van der Waals surface area contributed by atoms with E-state index in [1.807, 2.05) is 116 Å². The van der Waals surface area contributed by atoms with Crippen LogP contribution in [0.1, 0.15) is 79.0 Å². The number of hydrogen-bond donors (Lipinski definition) is 4. The number of carbonyl (C=O) groups excluding carboxylic acids is 5. The molecule has 0 saturated carbocycles. The molecule has 0 radical (unpaired) electrons. The first kappa shape index (κ1) is 54.9. The van der Waals surface area contributed by atoms with E-state index < -0.39 is 56.0 Å². The Morgan fingerprint density at radius 1 is 0.621 bits per heavy atom. The number of nitrogens with one attached hydrogen (secondary N) is 4. The smallest absolute Gasteiger partial charge is 0.437 e. The zero-order valence-corrected chi connectivity index (χ0v) is 40.8. The topological polar surface area (TPSA) is 186 Å². The van der Waals surface area contributed by atoms with Crippen molar-refractivity contribution < 1.29 is 47.2 Å². The summed E-state index contributed by atoms with van der Waals surface area (Å²) in [5.41, 5.74) is 7.44. The number of rotatable bonds is 28. The van der Waals surface area contributed by atoms with Crippen LogP contribution in [0.3, 0.4) is 0 Å². The number of esters is 2. The van der Waals surface area contributed by atoms with Crippen LogP contribution in [-0.2, 0) is 57.1 Å². The molecule has 0 saturated heterocycles. The summed E-state index contributed by atoms with van der Waals surface area (Å²) in [7, 11) is -3.27. The lowest BCUT2D eigenvalue weighted by Gasteiger charge is -2.45. The summed E-state index contributed by atoms with van der Waals surface area (Å²) in [5.74, 6) is -2.18. The van der Waals surface area contributed by atoms with Crippen molar-refractivity contribution in [2.75, 3.05) is 19.8 Å². The summed E-state index contributed by atoms with van der Waals surface area (Å²) in [6, 6.07) is 20.9. The quantitative estimate of drug-likeness (QED) is 0.0191. The Balaban J connectivity index is 1.88. The number of nitrogens with zero attached hydrogens (tertiary/aromatic N) is 2. The molecule has 3 rings (SSSR count). The van der Waals surface area contributed by atoms with Gasteiger partial charge in [-0.1, -0.05) is 91.5 Å². The molecule has 3 aromatic carbocycles. The van der Waals surface area contributed by atoms with Crippen LogP contribution in [0.4, 0.5) is 4.79 Å². The van der Waals surface area contributed by atoms with Gasteiger partial charge in [0.1, 0.15) is 50.3 Å². The van der Waals surface area contributed by atoms with Crippen LogP contribution >= 0.6 is 8.02 Å². The minimum absolute atomic E-state index is 0.0578. The van der Waals surface area contributed by atoms with Crippen molar-refractivity contribution in [3.05, 3.63) is 127 Å². The van der Waals surface area contributed by atoms with Crippen molar-refractivity contribution >= 4 is 37.9 Å². The Kier molecular flexibility index (Phi) is 23.2. The van der Waals surface area contributed by atoms with Crippen LogP contribution in [0, 0.1) is 0 Å². The molecule has 4 N–H and O–H groups in total. The number of ether oxygens (including phenoxy) is 3. The van der Waals surface area contributed by atoms with E-state index in [2.05, 4.69) is 44.0 Å². The second-order valence-electron chi connectivity index (χ2n) is 16.6. The van der Waals surface area contributed by atoms with Gasteiger partial charge in [0.15, 0.2) is 0 Å². The van der Waals surface area contributed by atoms with Crippen LogP contribution < -0.4 is 26.2 Å². The average Bonchev–Trinajstić information content (AvgIpc) is 3.27. The van der Waals surface area contributed by atoms with Gasteiger partial charge in [-0.15, -0.1) is 15.9 Å². The number of benzene rings is 3. The van der Waals surface area contributed by atoms with E-state index in [1.54, 1.807) is 30.3 Å². The number of hydrogen-bond acceptors (Lipinski definition) is 13. The molecule has 0 aliphatic rings. The Bertz CT molecular complexity index is 1970. The van der Waals surface area contributed by atoms with Gasteiger partial charge in [-0.2, -0.15) is 9.05 Å². The summed E-state index contributed by atoms with van der Waals surface area (Å²) < 4.78 is 34.1. The van der Waals surface area contributed by atoms with Gasteiger partial charge in [-0.25, -0.2) is 15.0 Å². The molecule has 66 heavy (non-hydrogen) atoms. The van der Waals surface area contributed by atoms with Crippen molar-refractivity contribution in [2.45, 2.75) is 124 Å². The van der Waals surface area contributed by atoms with Gasteiger partial charge >= 0.3 is 26.0 Å². The summed E-state index contributed by atoms with van der Waals surface area (Å²) in [6.45, 7) is 24.8. The maximum Gasteiger partial charge on any atom is 0.437 e.